The van der Waals surface area contributed by atoms with Crippen molar-refractivity contribution in [1.82, 2.24) is 0 Å². The molecule has 2 saturated carbocycles. The standard InChI is InChI=1S/C19H26O6/c1-9(2)16(21)25-14-13-10(3)17(22)24-11(13)8-18(4)12(20)6-7-19(5,23)15(14)18/h11-15,20,23H,1,3,6-8H2,2,4-5H3/t11-,12+,13+,14-,15+,18-,19-/m0/s1. The first-order chi connectivity index (χ1) is 11.5. The van der Waals surface area contributed by atoms with Gasteiger partial charge >= 0.3 is 11.9 Å². The summed E-state index contributed by atoms with van der Waals surface area (Å²) in [6, 6.07) is 0. The largest absolute Gasteiger partial charge is 0.458 e. The van der Waals surface area contributed by atoms with Gasteiger partial charge in [-0.05, 0) is 33.1 Å². The Morgan fingerprint density at radius 2 is 2.04 bits per heavy atom. The molecule has 3 aliphatic rings. The predicted molar refractivity (Wildman–Crippen MR) is 89.3 cm³/mol. The van der Waals surface area contributed by atoms with Crippen molar-refractivity contribution in [1.29, 1.82) is 0 Å². The van der Waals surface area contributed by atoms with E-state index in [4.69, 9.17) is 9.47 Å². The Morgan fingerprint density at radius 1 is 1.40 bits per heavy atom. The highest BCUT2D eigenvalue weighted by atomic mass is 16.6. The van der Waals surface area contributed by atoms with Gasteiger partial charge in [0, 0.05) is 22.5 Å². The number of hydrogen-bond acceptors (Lipinski definition) is 6. The molecule has 1 heterocycles. The van der Waals surface area contributed by atoms with E-state index in [0.29, 0.717) is 19.3 Å². The number of carbonyl (C=O) groups is 2. The Balaban J connectivity index is 2.09. The summed E-state index contributed by atoms with van der Waals surface area (Å²) in [6.45, 7) is 12.5. The molecule has 0 aromatic heterocycles. The van der Waals surface area contributed by atoms with Crippen molar-refractivity contribution in [2.24, 2.45) is 17.3 Å². The fourth-order valence-corrected chi connectivity index (χ4v) is 5.06. The van der Waals surface area contributed by atoms with E-state index in [1.54, 1.807) is 13.8 Å². The Kier molecular flexibility index (Phi) is 4.12. The number of aliphatic hydroxyl groups is 2. The van der Waals surface area contributed by atoms with E-state index in [2.05, 4.69) is 13.2 Å². The quantitative estimate of drug-likeness (QED) is 0.579. The highest BCUT2D eigenvalue weighted by Crippen LogP contribution is 2.59. The minimum absolute atomic E-state index is 0.232. The number of aliphatic hydroxyl groups excluding tert-OH is 1. The number of rotatable bonds is 2. The molecule has 1 saturated heterocycles. The minimum Gasteiger partial charge on any atom is -0.458 e. The van der Waals surface area contributed by atoms with Crippen molar-refractivity contribution in [2.45, 2.75) is 63.9 Å². The summed E-state index contributed by atoms with van der Waals surface area (Å²) < 4.78 is 11.1. The van der Waals surface area contributed by atoms with Gasteiger partial charge in [0.25, 0.3) is 0 Å². The lowest BCUT2D eigenvalue weighted by Crippen LogP contribution is -2.65. The summed E-state index contributed by atoms with van der Waals surface area (Å²) in [5.41, 5.74) is -1.41. The van der Waals surface area contributed by atoms with Crippen molar-refractivity contribution in [2.75, 3.05) is 0 Å². The van der Waals surface area contributed by atoms with Crippen LogP contribution in [-0.4, -0.2) is 46.1 Å². The lowest BCUT2D eigenvalue weighted by atomic mass is 9.50. The molecule has 6 nitrogen and oxygen atoms in total. The van der Waals surface area contributed by atoms with E-state index >= 15 is 0 Å². The Morgan fingerprint density at radius 3 is 2.64 bits per heavy atom. The average Bonchev–Trinajstić information content (AvgIpc) is 2.77. The Hall–Kier alpha value is -1.66. The maximum Gasteiger partial charge on any atom is 0.334 e. The number of fused-ring (bicyclic) bond motifs is 2. The molecule has 0 amide bonds. The first kappa shape index (κ1) is 18.1. The minimum atomic E-state index is -1.15. The van der Waals surface area contributed by atoms with Crippen molar-refractivity contribution in [3.05, 3.63) is 24.3 Å². The van der Waals surface area contributed by atoms with E-state index < -0.39 is 53.1 Å². The number of hydrogen-bond donors (Lipinski definition) is 2. The number of carbonyl (C=O) groups excluding carboxylic acids is 2. The molecular formula is C19H26O6. The van der Waals surface area contributed by atoms with Crippen LogP contribution in [0.2, 0.25) is 0 Å². The van der Waals surface area contributed by atoms with Crippen molar-refractivity contribution in [3.63, 3.8) is 0 Å². The van der Waals surface area contributed by atoms with Crippen molar-refractivity contribution in [3.8, 4) is 0 Å². The SMILES string of the molecule is C=C(C)C(=O)O[C@H]1[C@@H]2C(=C)C(=O)O[C@H]2C[C@@]2(C)[C@H](O)CC[C@](C)(O)[C@H]12. The molecular weight excluding hydrogens is 324 g/mol. The van der Waals surface area contributed by atoms with Gasteiger partial charge in [0.1, 0.15) is 12.2 Å². The van der Waals surface area contributed by atoms with Crippen molar-refractivity contribution >= 4 is 11.9 Å². The molecule has 3 fully saturated rings. The summed E-state index contributed by atoms with van der Waals surface area (Å²) in [7, 11) is 0. The molecule has 3 rings (SSSR count). The second kappa shape index (κ2) is 5.68. The smallest absolute Gasteiger partial charge is 0.334 e. The van der Waals surface area contributed by atoms with Crippen LogP contribution in [0, 0.1) is 17.3 Å². The fraction of sp³-hybridized carbons (Fsp3) is 0.684. The molecule has 1 aliphatic heterocycles. The topological polar surface area (TPSA) is 93.1 Å². The van der Waals surface area contributed by atoms with E-state index in [-0.39, 0.29) is 11.1 Å². The molecule has 25 heavy (non-hydrogen) atoms. The van der Waals surface area contributed by atoms with Gasteiger partial charge in [0.05, 0.1) is 17.6 Å². The van der Waals surface area contributed by atoms with E-state index in [1.165, 1.54) is 0 Å². The fourth-order valence-electron chi connectivity index (χ4n) is 5.06. The molecule has 2 aliphatic carbocycles. The lowest BCUT2D eigenvalue weighted by molar-refractivity contribution is -0.234. The van der Waals surface area contributed by atoms with Crippen molar-refractivity contribution < 1.29 is 29.3 Å². The predicted octanol–water partition coefficient (Wildman–Crippen LogP) is 1.50. The molecule has 0 aromatic rings. The highest BCUT2D eigenvalue weighted by molar-refractivity contribution is 5.91. The lowest BCUT2D eigenvalue weighted by Gasteiger charge is -2.59. The molecule has 0 spiro atoms. The van der Waals surface area contributed by atoms with Gasteiger partial charge < -0.3 is 19.7 Å². The summed E-state index contributed by atoms with van der Waals surface area (Å²) in [4.78, 5) is 24.3. The molecule has 6 heteroatoms. The first-order valence-corrected chi connectivity index (χ1v) is 8.66. The Labute approximate surface area is 147 Å². The zero-order valence-corrected chi connectivity index (χ0v) is 14.9. The summed E-state index contributed by atoms with van der Waals surface area (Å²) in [6.07, 6.45) is -0.797. The summed E-state index contributed by atoms with van der Waals surface area (Å²) >= 11 is 0. The van der Waals surface area contributed by atoms with Gasteiger partial charge in [0.15, 0.2) is 0 Å². The molecule has 138 valence electrons. The third-order valence-corrected chi connectivity index (χ3v) is 6.30. The molecule has 2 N–H and O–H groups in total. The maximum absolute atomic E-state index is 12.2. The van der Waals surface area contributed by atoms with Gasteiger partial charge in [-0.25, -0.2) is 9.59 Å². The first-order valence-electron chi connectivity index (χ1n) is 8.66. The zero-order valence-electron chi connectivity index (χ0n) is 14.9. The van der Waals surface area contributed by atoms with Crippen LogP contribution in [0.25, 0.3) is 0 Å². The van der Waals surface area contributed by atoms with Crippen LogP contribution in [0.15, 0.2) is 24.3 Å². The van der Waals surface area contributed by atoms with E-state index in [0.717, 1.165) is 0 Å². The molecule has 0 aromatic carbocycles. The van der Waals surface area contributed by atoms with Gasteiger partial charge in [-0.3, -0.25) is 0 Å². The van der Waals surface area contributed by atoms with Crippen LogP contribution >= 0.6 is 0 Å². The van der Waals surface area contributed by atoms with Crippen LogP contribution in [0.3, 0.4) is 0 Å². The van der Waals surface area contributed by atoms with Crippen LogP contribution in [0.5, 0.6) is 0 Å². The van der Waals surface area contributed by atoms with Crippen LogP contribution < -0.4 is 0 Å². The Bertz CT molecular complexity index is 650. The van der Waals surface area contributed by atoms with Crippen LogP contribution in [0.4, 0.5) is 0 Å². The molecule has 0 radical (unpaired) electrons. The van der Waals surface area contributed by atoms with E-state index in [9.17, 15) is 19.8 Å². The van der Waals surface area contributed by atoms with Gasteiger partial charge in [-0.2, -0.15) is 0 Å². The monoisotopic (exact) mass is 350 g/mol. The number of esters is 2. The third kappa shape index (κ3) is 2.62. The maximum atomic E-state index is 12.2. The van der Waals surface area contributed by atoms with Gasteiger partial charge in [-0.1, -0.05) is 20.1 Å². The van der Waals surface area contributed by atoms with Crippen LogP contribution in [0.1, 0.15) is 40.0 Å². The normalized spacial score (nSPS) is 46.0. The van der Waals surface area contributed by atoms with Crippen LogP contribution in [-0.2, 0) is 19.1 Å². The zero-order chi connectivity index (χ0) is 18.7. The number of ether oxygens (including phenoxy) is 2. The summed E-state index contributed by atoms with van der Waals surface area (Å²) in [5.74, 6) is -2.16. The summed E-state index contributed by atoms with van der Waals surface area (Å²) in [5, 5.41) is 21.7. The average molecular weight is 350 g/mol. The molecule has 7 atom stereocenters. The molecule has 0 bridgehead atoms. The second-order valence-electron chi connectivity index (χ2n) is 8.24. The highest BCUT2D eigenvalue weighted by Gasteiger charge is 2.66. The second-order valence-corrected chi connectivity index (χ2v) is 8.24. The van der Waals surface area contributed by atoms with Gasteiger partial charge in [-0.15, -0.1) is 0 Å². The third-order valence-electron chi connectivity index (χ3n) is 6.30. The van der Waals surface area contributed by atoms with Gasteiger partial charge in [0.2, 0.25) is 0 Å². The molecule has 0 unspecified atom stereocenters. The van der Waals surface area contributed by atoms with E-state index in [1.807, 2.05) is 6.92 Å².